The van der Waals surface area contributed by atoms with E-state index in [9.17, 15) is 4.79 Å². The molecule has 0 unspecified atom stereocenters. The molecule has 7 heteroatoms. The zero-order valence-electron chi connectivity index (χ0n) is 22.9. The standard InChI is InChI=1S/C33H38O7/c34-33(29-19-21-31(39-29)37-25-13-3-1-11-23-35-27-15-7-5-8-16-27)30-20-22-32(40-30)38-26-14-4-2-12-24-36-28-17-9-6-10-18-28/h5-10,15-22H,1-4,11-14,23-26H2. The van der Waals surface area contributed by atoms with Crippen LogP contribution in [0, 0.1) is 0 Å². The van der Waals surface area contributed by atoms with Gasteiger partial charge in [-0.05, 0) is 87.8 Å². The van der Waals surface area contributed by atoms with Gasteiger partial charge in [0.2, 0.25) is 0 Å². The molecule has 4 aromatic rings. The summed E-state index contributed by atoms with van der Waals surface area (Å²) in [5, 5.41) is 0. The highest BCUT2D eigenvalue weighted by molar-refractivity contribution is 6.05. The molecule has 2 aromatic heterocycles. The SMILES string of the molecule is O=C(c1ccc(OCCCCCCOc2ccccc2)o1)c1ccc(OCCCCCCOc2ccccc2)o1. The molecule has 0 saturated heterocycles. The number of hydrogen-bond acceptors (Lipinski definition) is 7. The molecule has 0 saturated carbocycles. The summed E-state index contributed by atoms with van der Waals surface area (Å²) in [5.41, 5.74) is 0. The molecule has 40 heavy (non-hydrogen) atoms. The second kappa shape index (κ2) is 16.7. The Labute approximate surface area is 236 Å². The molecule has 0 amide bonds. The topological polar surface area (TPSA) is 80.3 Å². The number of hydrogen-bond donors (Lipinski definition) is 0. The minimum absolute atomic E-state index is 0.173. The third kappa shape index (κ3) is 10.2. The van der Waals surface area contributed by atoms with Gasteiger partial charge in [-0.1, -0.05) is 36.4 Å². The molecule has 0 N–H and O–H groups in total. The summed E-state index contributed by atoms with van der Waals surface area (Å²) in [7, 11) is 0. The molecule has 0 atom stereocenters. The Morgan fingerprint density at radius 3 is 1.23 bits per heavy atom. The molecular weight excluding hydrogens is 508 g/mol. The van der Waals surface area contributed by atoms with Gasteiger partial charge in [0, 0.05) is 12.1 Å². The van der Waals surface area contributed by atoms with Crippen LogP contribution < -0.4 is 18.9 Å². The first-order chi connectivity index (χ1) is 19.8. The quantitative estimate of drug-likeness (QED) is 0.0817. The normalized spacial score (nSPS) is 10.8. The maximum absolute atomic E-state index is 12.7. The fourth-order valence-electron chi connectivity index (χ4n) is 4.04. The van der Waals surface area contributed by atoms with Crippen LogP contribution in [0.5, 0.6) is 23.4 Å². The van der Waals surface area contributed by atoms with Crippen molar-refractivity contribution < 1.29 is 32.6 Å². The van der Waals surface area contributed by atoms with E-state index in [1.54, 1.807) is 24.3 Å². The summed E-state index contributed by atoms with van der Waals surface area (Å²) in [5.74, 6) is 2.46. The van der Waals surface area contributed by atoms with Gasteiger partial charge in [-0.3, -0.25) is 4.79 Å². The predicted octanol–water partition coefficient (Wildman–Crippen LogP) is 8.14. The first-order valence-electron chi connectivity index (χ1n) is 14.1. The predicted molar refractivity (Wildman–Crippen MR) is 153 cm³/mol. The van der Waals surface area contributed by atoms with E-state index in [0.717, 1.165) is 62.9 Å². The first kappa shape index (κ1) is 28.9. The molecule has 2 aromatic carbocycles. The molecule has 0 aliphatic heterocycles. The maximum atomic E-state index is 12.7. The summed E-state index contributed by atoms with van der Waals surface area (Å²) in [6.45, 7) is 2.47. The number of furan rings is 2. The van der Waals surface area contributed by atoms with Crippen molar-refractivity contribution in [3.05, 3.63) is 96.4 Å². The van der Waals surface area contributed by atoms with Crippen LogP contribution in [-0.4, -0.2) is 32.2 Å². The van der Waals surface area contributed by atoms with Crippen molar-refractivity contribution in [1.82, 2.24) is 0 Å². The second-order valence-corrected chi connectivity index (χ2v) is 9.41. The summed E-state index contributed by atoms with van der Waals surface area (Å²) >= 11 is 0. The lowest BCUT2D eigenvalue weighted by molar-refractivity contribution is 0.0965. The number of ether oxygens (including phenoxy) is 4. The Morgan fingerprint density at radius 1 is 0.450 bits per heavy atom. The highest BCUT2D eigenvalue weighted by Gasteiger charge is 2.18. The summed E-state index contributed by atoms with van der Waals surface area (Å²) in [6, 6.07) is 26.2. The third-order valence-corrected chi connectivity index (χ3v) is 6.20. The number of para-hydroxylation sites is 2. The monoisotopic (exact) mass is 546 g/mol. The molecule has 0 aliphatic rings. The molecule has 0 radical (unpaired) electrons. The molecule has 0 aliphatic carbocycles. The van der Waals surface area contributed by atoms with Crippen LogP contribution in [0.1, 0.15) is 67.7 Å². The number of carbonyl (C=O) groups is 1. The summed E-state index contributed by atoms with van der Waals surface area (Å²) in [4.78, 5) is 12.7. The molecule has 0 spiro atoms. The van der Waals surface area contributed by atoms with Gasteiger partial charge >= 0.3 is 0 Å². The van der Waals surface area contributed by atoms with Crippen molar-refractivity contribution in [3.8, 4) is 23.4 Å². The molecule has 0 bridgehead atoms. The second-order valence-electron chi connectivity index (χ2n) is 9.41. The number of unbranched alkanes of at least 4 members (excludes halogenated alkanes) is 6. The lowest BCUT2D eigenvalue weighted by Crippen LogP contribution is -2.00. The smallest absolute Gasteiger partial charge is 0.284 e. The van der Waals surface area contributed by atoms with Gasteiger partial charge in [0.15, 0.2) is 11.5 Å². The molecule has 7 nitrogen and oxygen atoms in total. The van der Waals surface area contributed by atoms with Crippen molar-refractivity contribution in [2.45, 2.75) is 51.4 Å². The van der Waals surface area contributed by atoms with Crippen LogP contribution in [0.3, 0.4) is 0 Å². The summed E-state index contributed by atoms with van der Waals surface area (Å²) < 4.78 is 33.9. The van der Waals surface area contributed by atoms with Gasteiger partial charge in [-0.2, -0.15) is 0 Å². The van der Waals surface area contributed by atoms with Gasteiger partial charge in [0.25, 0.3) is 17.7 Å². The Bertz CT molecular complexity index is 1130. The largest absolute Gasteiger partial charge is 0.494 e. The van der Waals surface area contributed by atoms with Crippen LogP contribution in [-0.2, 0) is 0 Å². The van der Waals surface area contributed by atoms with Gasteiger partial charge in [-0.25, -0.2) is 0 Å². The third-order valence-electron chi connectivity index (χ3n) is 6.20. The van der Waals surface area contributed by atoms with Crippen molar-refractivity contribution in [2.75, 3.05) is 26.4 Å². The van der Waals surface area contributed by atoms with Crippen LogP contribution in [0.15, 0.2) is 93.8 Å². The number of carbonyl (C=O) groups excluding carboxylic acids is 1. The van der Waals surface area contributed by atoms with Gasteiger partial charge in [-0.15, -0.1) is 0 Å². The lowest BCUT2D eigenvalue weighted by atomic mass is 10.2. The van der Waals surface area contributed by atoms with E-state index >= 15 is 0 Å². The number of ketones is 1. The van der Waals surface area contributed by atoms with Gasteiger partial charge in [0.05, 0.1) is 26.4 Å². The Hall–Kier alpha value is -4.13. The highest BCUT2D eigenvalue weighted by atomic mass is 16.6. The Balaban J connectivity index is 1.03. The summed E-state index contributed by atoms with van der Waals surface area (Å²) in [6.07, 6.45) is 7.97. The fraction of sp³-hybridized carbons (Fsp3) is 0.364. The zero-order valence-corrected chi connectivity index (χ0v) is 22.9. The zero-order chi connectivity index (χ0) is 27.7. The van der Waals surface area contributed by atoms with E-state index < -0.39 is 0 Å². The molecule has 212 valence electrons. The maximum Gasteiger partial charge on any atom is 0.284 e. The van der Waals surface area contributed by atoms with E-state index in [1.165, 1.54) is 0 Å². The average Bonchev–Trinajstić information content (AvgIpc) is 3.67. The molecular formula is C33H38O7. The molecule has 0 fully saturated rings. The average molecular weight is 547 g/mol. The minimum Gasteiger partial charge on any atom is -0.494 e. The van der Waals surface area contributed by atoms with Crippen LogP contribution in [0.25, 0.3) is 0 Å². The fourth-order valence-corrected chi connectivity index (χ4v) is 4.04. The first-order valence-corrected chi connectivity index (χ1v) is 14.1. The minimum atomic E-state index is -0.346. The number of rotatable bonds is 20. The van der Waals surface area contributed by atoms with Crippen LogP contribution in [0.2, 0.25) is 0 Å². The molecule has 2 heterocycles. The van der Waals surface area contributed by atoms with Crippen molar-refractivity contribution >= 4 is 5.78 Å². The Morgan fingerprint density at radius 2 is 0.825 bits per heavy atom. The number of benzene rings is 2. The van der Waals surface area contributed by atoms with E-state index in [-0.39, 0.29) is 17.3 Å². The van der Waals surface area contributed by atoms with Crippen molar-refractivity contribution in [3.63, 3.8) is 0 Å². The van der Waals surface area contributed by atoms with Crippen LogP contribution in [0.4, 0.5) is 0 Å². The lowest BCUT2D eigenvalue weighted by Gasteiger charge is -2.06. The van der Waals surface area contributed by atoms with E-state index in [0.29, 0.717) is 38.3 Å². The van der Waals surface area contributed by atoms with E-state index in [1.807, 2.05) is 60.7 Å². The van der Waals surface area contributed by atoms with Gasteiger partial charge in [0.1, 0.15) is 11.5 Å². The van der Waals surface area contributed by atoms with E-state index in [2.05, 4.69) is 0 Å². The Kier molecular flexibility index (Phi) is 12.1. The highest BCUT2D eigenvalue weighted by Crippen LogP contribution is 2.23. The van der Waals surface area contributed by atoms with Gasteiger partial charge < -0.3 is 27.8 Å². The van der Waals surface area contributed by atoms with Crippen molar-refractivity contribution in [2.24, 2.45) is 0 Å². The molecule has 4 rings (SSSR count). The van der Waals surface area contributed by atoms with Crippen molar-refractivity contribution in [1.29, 1.82) is 0 Å². The van der Waals surface area contributed by atoms with E-state index in [4.69, 9.17) is 27.8 Å². The van der Waals surface area contributed by atoms with Crippen LogP contribution >= 0.6 is 0 Å².